The maximum Gasteiger partial charge on any atom is 0.472 e. The molecule has 0 rings (SSSR count). The van der Waals surface area contributed by atoms with E-state index in [1.165, 1.54) is 205 Å². The van der Waals surface area contributed by atoms with Crippen LogP contribution in [0, 0.1) is 0 Å². The molecule has 0 saturated carbocycles. The van der Waals surface area contributed by atoms with Crippen molar-refractivity contribution in [3.8, 4) is 0 Å². The fraction of sp³-hybridized carbons (Fsp3) is 0.959. The molecule has 59 heavy (non-hydrogen) atoms. The van der Waals surface area contributed by atoms with E-state index in [1.54, 1.807) is 0 Å². The van der Waals surface area contributed by atoms with E-state index in [1.807, 2.05) is 0 Å². The Balaban J connectivity index is 3.95. The first-order chi connectivity index (χ1) is 28.8. The summed E-state index contributed by atoms with van der Waals surface area (Å²) in [6.45, 7) is 3.80. The lowest BCUT2D eigenvalue weighted by atomic mass is 10.0. The van der Waals surface area contributed by atoms with Crippen molar-refractivity contribution in [2.75, 3.05) is 26.4 Å². The van der Waals surface area contributed by atoms with Gasteiger partial charge in [0.05, 0.1) is 13.2 Å². The number of esters is 2. The van der Waals surface area contributed by atoms with Crippen LogP contribution in [0.1, 0.15) is 271 Å². The van der Waals surface area contributed by atoms with Gasteiger partial charge in [-0.2, -0.15) is 0 Å². The van der Waals surface area contributed by atoms with Gasteiger partial charge < -0.3 is 20.1 Å². The minimum atomic E-state index is -4.37. The highest BCUT2D eigenvalue weighted by molar-refractivity contribution is 7.47. The first-order valence-electron chi connectivity index (χ1n) is 25.5. The number of carbonyl (C=O) groups excluding carboxylic acids is 2. The van der Waals surface area contributed by atoms with Crippen LogP contribution in [0.25, 0.3) is 0 Å². The van der Waals surface area contributed by atoms with Gasteiger partial charge in [0.1, 0.15) is 6.61 Å². The predicted molar refractivity (Wildman–Crippen MR) is 248 cm³/mol. The zero-order chi connectivity index (χ0) is 43.2. The van der Waals surface area contributed by atoms with Crippen molar-refractivity contribution in [3.05, 3.63) is 0 Å². The fourth-order valence-electron chi connectivity index (χ4n) is 7.70. The predicted octanol–water partition coefficient (Wildman–Crippen LogP) is 15.2. The Morgan fingerprint density at radius 3 is 1.03 bits per heavy atom. The molecule has 0 aromatic carbocycles. The number of hydrogen-bond donors (Lipinski definition) is 2. The van der Waals surface area contributed by atoms with E-state index < -0.39 is 26.5 Å². The molecule has 3 N–H and O–H groups in total. The minimum Gasteiger partial charge on any atom is -0.462 e. The molecule has 0 amide bonds. The number of unbranched alkanes of at least 4 members (excludes halogenated alkanes) is 36. The molecule has 352 valence electrons. The van der Waals surface area contributed by atoms with Gasteiger partial charge >= 0.3 is 19.8 Å². The molecule has 2 atom stereocenters. The van der Waals surface area contributed by atoms with E-state index in [0.29, 0.717) is 6.42 Å². The van der Waals surface area contributed by atoms with E-state index in [0.717, 1.165) is 32.1 Å². The quantitative estimate of drug-likeness (QED) is 0.0348. The Morgan fingerprint density at radius 2 is 0.729 bits per heavy atom. The van der Waals surface area contributed by atoms with E-state index in [-0.39, 0.29) is 38.6 Å². The maximum absolute atomic E-state index is 12.6. The Morgan fingerprint density at radius 1 is 0.441 bits per heavy atom. The molecule has 9 nitrogen and oxygen atoms in total. The molecule has 0 bridgehead atoms. The molecule has 0 radical (unpaired) electrons. The molecule has 0 aromatic heterocycles. The number of phosphoric ester groups is 1. The average Bonchev–Trinajstić information content (AvgIpc) is 3.22. The molecular weight excluding hydrogens is 762 g/mol. The summed E-state index contributed by atoms with van der Waals surface area (Å²) in [5.41, 5.74) is 5.36. The van der Waals surface area contributed by atoms with Crippen molar-refractivity contribution in [2.45, 2.75) is 277 Å². The highest BCUT2D eigenvalue weighted by Gasteiger charge is 2.26. The molecule has 0 fully saturated rings. The molecule has 0 saturated heterocycles. The van der Waals surface area contributed by atoms with Crippen molar-refractivity contribution < 1.29 is 37.6 Å². The smallest absolute Gasteiger partial charge is 0.462 e. The number of rotatable bonds is 49. The summed E-state index contributed by atoms with van der Waals surface area (Å²) in [5.74, 6) is -0.808. The summed E-state index contributed by atoms with van der Waals surface area (Å²) in [4.78, 5) is 35.0. The highest BCUT2D eigenvalue weighted by Crippen LogP contribution is 2.43. The topological polar surface area (TPSA) is 134 Å². The largest absolute Gasteiger partial charge is 0.472 e. The maximum atomic E-state index is 12.6. The monoisotopic (exact) mass is 860 g/mol. The first-order valence-corrected chi connectivity index (χ1v) is 27.0. The summed E-state index contributed by atoms with van der Waals surface area (Å²) in [5, 5.41) is 0. The van der Waals surface area contributed by atoms with Crippen LogP contribution in [-0.2, 0) is 32.7 Å². The van der Waals surface area contributed by atoms with Crippen molar-refractivity contribution in [3.63, 3.8) is 0 Å². The third kappa shape index (κ3) is 46.3. The van der Waals surface area contributed by atoms with E-state index >= 15 is 0 Å². The molecule has 0 aliphatic heterocycles. The standard InChI is InChI=1S/C49H98NO8P/c1-3-5-7-9-11-13-15-17-19-20-21-22-23-24-25-26-27-28-30-32-34-36-38-40-42-49(52)58-47(46-57-59(53,54)56-44-43-50)45-55-48(51)41-39-37-35-33-31-29-18-16-14-12-10-8-6-4-2/h47H,3-46,50H2,1-2H3,(H,53,54). The summed E-state index contributed by atoms with van der Waals surface area (Å²) >= 11 is 0. The SMILES string of the molecule is CCCCCCCCCCCCCCCCCCCCCCCCCCC(=O)OC(COC(=O)CCCCCCCCCCCCCCCC)COP(=O)(O)OCCN. The summed E-state index contributed by atoms with van der Waals surface area (Å²) in [7, 11) is -4.37. The zero-order valence-electron chi connectivity index (χ0n) is 39.0. The van der Waals surface area contributed by atoms with Crippen LogP contribution in [0.2, 0.25) is 0 Å². The van der Waals surface area contributed by atoms with Crippen molar-refractivity contribution in [2.24, 2.45) is 5.73 Å². The Kier molecular flexibility index (Phi) is 45.7. The molecule has 0 spiro atoms. The summed E-state index contributed by atoms with van der Waals surface area (Å²) in [6, 6.07) is 0. The van der Waals surface area contributed by atoms with Gasteiger partial charge in [-0.25, -0.2) is 4.57 Å². The highest BCUT2D eigenvalue weighted by atomic mass is 31.2. The van der Waals surface area contributed by atoms with Gasteiger partial charge in [-0.1, -0.05) is 245 Å². The fourth-order valence-corrected chi connectivity index (χ4v) is 8.46. The van der Waals surface area contributed by atoms with Gasteiger partial charge in [-0.15, -0.1) is 0 Å². The minimum absolute atomic E-state index is 0.0583. The number of nitrogens with two attached hydrogens (primary N) is 1. The van der Waals surface area contributed by atoms with Gasteiger partial charge in [0.25, 0.3) is 0 Å². The zero-order valence-corrected chi connectivity index (χ0v) is 39.9. The van der Waals surface area contributed by atoms with Gasteiger partial charge in [0.15, 0.2) is 6.10 Å². The van der Waals surface area contributed by atoms with E-state index in [9.17, 15) is 19.0 Å². The van der Waals surface area contributed by atoms with Crippen molar-refractivity contribution >= 4 is 19.8 Å². The second-order valence-corrected chi connectivity index (χ2v) is 18.9. The van der Waals surface area contributed by atoms with Crippen LogP contribution in [-0.4, -0.2) is 49.3 Å². The molecule has 2 unspecified atom stereocenters. The van der Waals surface area contributed by atoms with Crippen molar-refractivity contribution in [1.29, 1.82) is 0 Å². The Labute approximate surface area is 365 Å². The van der Waals surface area contributed by atoms with Crippen LogP contribution in [0.5, 0.6) is 0 Å². The molecule has 10 heteroatoms. The normalized spacial score (nSPS) is 13.1. The van der Waals surface area contributed by atoms with Crippen LogP contribution in [0.4, 0.5) is 0 Å². The average molecular weight is 860 g/mol. The van der Waals surface area contributed by atoms with Crippen LogP contribution < -0.4 is 5.73 Å². The van der Waals surface area contributed by atoms with E-state index in [4.69, 9.17) is 24.3 Å². The lowest BCUT2D eigenvalue weighted by Gasteiger charge is -2.19. The number of ether oxygens (including phenoxy) is 2. The van der Waals surface area contributed by atoms with Gasteiger partial charge in [0, 0.05) is 19.4 Å². The molecule has 0 aliphatic rings. The summed E-state index contributed by atoms with van der Waals surface area (Å²) < 4.78 is 32.9. The third-order valence-electron chi connectivity index (χ3n) is 11.5. The van der Waals surface area contributed by atoms with Gasteiger partial charge in [0.2, 0.25) is 0 Å². The Hall–Kier alpha value is -0.990. The number of carbonyl (C=O) groups is 2. The second kappa shape index (κ2) is 46.5. The van der Waals surface area contributed by atoms with Crippen LogP contribution >= 0.6 is 7.82 Å². The number of phosphoric acid groups is 1. The van der Waals surface area contributed by atoms with Gasteiger partial charge in [-0.3, -0.25) is 18.6 Å². The number of hydrogen-bond acceptors (Lipinski definition) is 8. The molecule has 0 heterocycles. The Bertz CT molecular complexity index is 938. The molecule has 0 aliphatic carbocycles. The van der Waals surface area contributed by atoms with E-state index in [2.05, 4.69) is 13.8 Å². The van der Waals surface area contributed by atoms with Gasteiger partial charge in [-0.05, 0) is 12.8 Å². The van der Waals surface area contributed by atoms with Crippen molar-refractivity contribution in [1.82, 2.24) is 0 Å². The van der Waals surface area contributed by atoms with Crippen LogP contribution in [0.3, 0.4) is 0 Å². The first kappa shape index (κ1) is 58.0. The third-order valence-corrected chi connectivity index (χ3v) is 12.5. The second-order valence-electron chi connectivity index (χ2n) is 17.4. The molecular formula is C49H98NO8P. The van der Waals surface area contributed by atoms with Crippen LogP contribution in [0.15, 0.2) is 0 Å². The molecule has 0 aromatic rings. The lowest BCUT2D eigenvalue weighted by Crippen LogP contribution is -2.29. The summed E-state index contributed by atoms with van der Waals surface area (Å²) in [6.07, 6.45) is 48.6. The lowest BCUT2D eigenvalue weighted by molar-refractivity contribution is -0.161.